The summed E-state index contributed by atoms with van der Waals surface area (Å²) in [5.41, 5.74) is 1.89. The molecule has 0 aromatic rings. The zero-order chi connectivity index (χ0) is 26.9. The summed E-state index contributed by atoms with van der Waals surface area (Å²) in [7, 11) is 0. The molecule has 4 heteroatoms. The van der Waals surface area contributed by atoms with Crippen LogP contribution in [-0.4, -0.2) is 28.1 Å². The molecule has 0 heterocycles. The van der Waals surface area contributed by atoms with Crippen LogP contribution in [0.1, 0.15) is 149 Å². The summed E-state index contributed by atoms with van der Waals surface area (Å²) in [5, 5.41) is 18.9. The Bertz CT molecular complexity index is 772. The SMILES string of the molecule is CCCCCCCCCCCCCC(=O)O.C[C@]12CC[C@H]3[C@@H](CCC4=CC(=O)CC[C@@]43C)[C@@H]1CC[C@@H]2O. The average Bonchev–Trinajstić information content (AvgIpc) is 3.17. The number of ketones is 1. The van der Waals surface area contributed by atoms with Gasteiger partial charge in [0.15, 0.2) is 5.78 Å². The third-order valence-corrected chi connectivity index (χ3v) is 10.9. The van der Waals surface area contributed by atoms with Gasteiger partial charge in [-0.3, -0.25) is 9.59 Å². The molecule has 0 saturated heterocycles. The quantitative estimate of drug-likeness (QED) is 0.254. The summed E-state index contributed by atoms with van der Waals surface area (Å²) in [6.07, 6.45) is 25.1. The molecule has 0 aromatic carbocycles. The normalized spacial score (nSPS) is 34.5. The second kappa shape index (κ2) is 14.3. The molecule has 0 bridgehead atoms. The van der Waals surface area contributed by atoms with Gasteiger partial charge in [-0.2, -0.15) is 0 Å². The molecular formula is C33H56O4. The fraction of sp³-hybridized carbons (Fsp3) is 0.879. The van der Waals surface area contributed by atoms with Gasteiger partial charge in [-0.1, -0.05) is 90.6 Å². The van der Waals surface area contributed by atoms with Gasteiger partial charge >= 0.3 is 5.97 Å². The predicted octanol–water partition coefficient (Wildman–Crippen LogP) is 8.65. The van der Waals surface area contributed by atoms with Crippen LogP contribution < -0.4 is 0 Å². The summed E-state index contributed by atoms with van der Waals surface area (Å²) in [5.74, 6) is 1.92. The Morgan fingerprint density at radius 3 is 2.08 bits per heavy atom. The van der Waals surface area contributed by atoms with E-state index in [1.54, 1.807) is 0 Å². The van der Waals surface area contributed by atoms with Crippen LogP contribution in [-0.2, 0) is 9.59 Å². The van der Waals surface area contributed by atoms with Crippen molar-refractivity contribution in [2.24, 2.45) is 28.6 Å². The molecule has 4 aliphatic rings. The van der Waals surface area contributed by atoms with Crippen molar-refractivity contribution < 1.29 is 19.8 Å². The summed E-state index contributed by atoms with van der Waals surface area (Å²) in [4.78, 5) is 22.0. The van der Waals surface area contributed by atoms with Gasteiger partial charge in [0.25, 0.3) is 0 Å². The van der Waals surface area contributed by atoms with E-state index in [-0.39, 0.29) is 16.9 Å². The fourth-order valence-electron chi connectivity index (χ4n) is 8.47. The van der Waals surface area contributed by atoms with Crippen molar-refractivity contribution in [1.82, 2.24) is 0 Å². The molecule has 4 nitrogen and oxygen atoms in total. The van der Waals surface area contributed by atoms with Crippen molar-refractivity contribution in [3.8, 4) is 0 Å². The van der Waals surface area contributed by atoms with E-state index >= 15 is 0 Å². The van der Waals surface area contributed by atoms with Gasteiger partial charge in [-0.15, -0.1) is 0 Å². The summed E-state index contributed by atoms with van der Waals surface area (Å²) in [6.45, 7) is 7.01. The van der Waals surface area contributed by atoms with Crippen molar-refractivity contribution >= 4 is 11.8 Å². The van der Waals surface area contributed by atoms with Crippen LogP contribution in [0.2, 0.25) is 0 Å². The molecule has 0 spiro atoms. The predicted molar refractivity (Wildman–Crippen MR) is 151 cm³/mol. The molecule has 212 valence electrons. The molecule has 0 aromatic heterocycles. The topological polar surface area (TPSA) is 74.6 Å². The van der Waals surface area contributed by atoms with Gasteiger partial charge in [0.1, 0.15) is 0 Å². The van der Waals surface area contributed by atoms with Gasteiger partial charge in [-0.25, -0.2) is 0 Å². The molecule has 4 aliphatic carbocycles. The molecule has 2 N–H and O–H groups in total. The van der Waals surface area contributed by atoms with E-state index in [1.165, 1.54) is 89.0 Å². The summed E-state index contributed by atoms with van der Waals surface area (Å²) < 4.78 is 0. The Morgan fingerprint density at radius 1 is 0.838 bits per heavy atom. The number of aliphatic hydroxyl groups excluding tert-OH is 1. The number of fused-ring (bicyclic) bond motifs is 5. The van der Waals surface area contributed by atoms with Crippen molar-refractivity contribution in [1.29, 1.82) is 0 Å². The Hall–Kier alpha value is -1.16. The van der Waals surface area contributed by atoms with Crippen molar-refractivity contribution in [3.63, 3.8) is 0 Å². The number of aliphatic carboxylic acids is 1. The molecular weight excluding hydrogens is 460 g/mol. The highest BCUT2D eigenvalue weighted by Gasteiger charge is 2.58. The van der Waals surface area contributed by atoms with Crippen LogP contribution in [0, 0.1) is 28.6 Å². The largest absolute Gasteiger partial charge is 0.481 e. The molecule has 0 radical (unpaired) electrons. The number of hydrogen-bond donors (Lipinski definition) is 2. The second-order valence-electron chi connectivity index (χ2n) is 13.3. The van der Waals surface area contributed by atoms with Crippen molar-refractivity contribution in [3.05, 3.63) is 11.6 Å². The summed E-state index contributed by atoms with van der Waals surface area (Å²) in [6, 6.07) is 0. The smallest absolute Gasteiger partial charge is 0.303 e. The Labute approximate surface area is 227 Å². The molecule has 0 aliphatic heterocycles. The number of carbonyl (C=O) groups excluding carboxylic acids is 1. The third-order valence-electron chi connectivity index (χ3n) is 10.9. The first-order valence-electron chi connectivity index (χ1n) is 15.9. The number of aliphatic hydroxyl groups is 1. The minimum absolute atomic E-state index is 0.0823. The van der Waals surface area contributed by atoms with E-state index in [4.69, 9.17) is 5.11 Å². The molecule has 3 fully saturated rings. The van der Waals surface area contributed by atoms with E-state index in [0.717, 1.165) is 50.4 Å². The van der Waals surface area contributed by atoms with Gasteiger partial charge in [0, 0.05) is 12.8 Å². The van der Waals surface area contributed by atoms with Gasteiger partial charge in [-0.05, 0) is 86.0 Å². The molecule has 37 heavy (non-hydrogen) atoms. The average molecular weight is 517 g/mol. The molecule has 4 rings (SSSR count). The Kier molecular flexibility index (Phi) is 11.7. The Morgan fingerprint density at radius 2 is 1.46 bits per heavy atom. The van der Waals surface area contributed by atoms with E-state index < -0.39 is 5.97 Å². The molecule has 0 amide bonds. The monoisotopic (exact) mass is 516 g/mol. The van der Waals surface area contributed by atoms with E-state index in [1.807, 2.05) is 6.08 Å². The Balaban J connectivity index is 0.000000216. The van der Waals surface area contributed by atoms with Crippen molar-refractivity contribution in [2.45, 2.75) is 155 Å². The highest BCUT2D eigenvalue weighted by molar-refractivity contribution is 5.91. The third kappa shape index (κ3) is 7.70. The maximum Gasteiger partial charge on any atom is 0.303 e. The maximum atomic E-state index is 11.8. The van der Waals surface area contributed by atoms with Crippen LogP contribution in [0.3, 0.4) is 0 Å². The van der Waals surface area contributed by atoms with Gasteiger partial charge in [0.2, 0.25) is 0 Å². The first kappa shape index (κ1) is 30.4. The van der Waals surface area contributed by atoms with E-state index in [2.05, 4.69) is 20.8 Å². The first-order chi connectivity index (χ1) is 17.7. The number of allylic oxidation sites excluding steroid dienone is 1. The highest BCUT2D eigenvalue weighted by Crippen LogP contribution is 2.65. The molecule has 6 atom stereocenters. The van der Waals surface area contributed by atoms with Gasteiger partial charge < -0.3 is 10.2 Å². The number of carboxylic acids is 1. The number of rotatable bonds is 12. The standard InChI is InChI=1S/C19H28O2.C14H28O2/c1-18-9-7-13(20)11-12(18)3-4-14-15-5-6-17(21)19(15,2)10-8-16(14)18;1-2-3-4-5-6-7-8-9-10-11-12-13-14(15)16/h11,14-17,21H,3-10H2,1-2H3;2-13H2,1H3,(H,15,16)/t14-,15-,16-,17-,18-,19-;/m0./s1. The number of carbonyl (C=O) groups is 2. The second-order valence-corrected chi connectivity index (χ2v) is 13.3. The number of carboxylic acid groups (broad SMARTS) is 1. The van der Waals surface area contributed by atoms with E-state index in [9.17, 15) is 14.7 Å². The molecule has 0 unspecified atom stereocenters. The number of unbranched alkanes of at least 4 members (excludes halogenated alkanes) is 10. The molecule has 3 saturated carbocycles. The minimum Gasteiger partial charge on any atom is -0.481 e. The van der Waals surface area contributed by atoms with Crippen LogP contribution in [0.5, 0.6) is 0 Å². The summed E-state index contributed by atoms with van der Waals surface area (Å²) >= 11 is 0. The van der Waals surface area contributed by atoms with Crippen molar-refractivity contribution in [2.75, 3.05) is 0 Å². The lowest BCUT2D eigenvalue weighted by atomic mass is 9.47. The van der Waals surface area contributed by atoms with Crippen LogP contribution >= 0.6 is 0 Å². The lowest BCUT2D eigenvalue weighted by molar-refractivity contribution is -0.137. The van der Waals surface area contributed by atoms with Crippen LogP contribution in [0.25, 0.3) is 0 Å². The maximum absolute atomic E-state index is 11.8. The lowest BCUT2D eigenvalue weighted by Gasteiger charge is -2.57. The zero-order valence-electron chi connectivity index (χ0n) is 24.2. The fourth-order valence-corrected chi connectivity index (χ4v) is 8.47. The van der Waals surface area contributed by atoms with E-state index in [0.29, 0.717) is 18.1 Å². The number of hydrogen-bond acceptors (Lipinski definition) is 3. The first-order valence-corrected chi connectivity index (χ1v) is 15.9. The minimum atomic E-state index is -0.657. The van der Waals surface area contributed by atoms with Crippen LogP contribution in [0.15, 0.2) is 11.6 Å². The highest BCUT2D eigenvalue weighted by atomic mass is 16.4. The van der Waals surface area contributed by atoms with Gasteiger partial charge in [0.05, 0.1) is 6.10 Å². The lowest BCUT2D eigenvalue weighted by Crippen LogP contribution is -2.51. The zero-order valence-corrected chi connectivity index (χ0v) is 24.2. The van der Waals surface area contributed by atoms with Crippen LogP contribution in [0.4, 0.5) is 0 Å².